The molecule has 8 heteroatoms. The molecule has 4 aromatic rings. The zero-order valence-electron chi connectivity index (χ0n) is 14.7. The van der Waals surface area contributed by atoms with Crippen molar-refractivity contribution in [2.75, 3.05) is 12.8 Å². The Kier molecular flexibility index (Phi) is 4.55. The molecule has 0 saturated heterocycles. The van der Waals surface area contributed by atoms with Crippen LogP contribution in [0.25, 0.3) is 27.6 Å². The van der Waals surface area contributed by atoms with E-state index in [1.165, 1.54) is 21.6 Å². The Morgan fingerprint density at radius 1 is 1.15 bits per heavy atom. The summed E-state index contributed by atoms with van der Waals surface area (Å²) in [6.45, 7) is 2.05. The SMILES string of the molecule is COc1ccc(Cl)cc1-n1nnc(-c2nc(-c3ccc(C)cc3)cs2)c1N. The molecular weight excluding hydrogens is 382 g/mol. The normalized spacial score (nSPS) is 10.9. The highest BCUT2D eigenvalue weighted by Crippen LogP contribution is 2.34. The van der Waals surface area contributed by atoms with Crippen molar-refractivity contribution in [2.24, 2.45) is 0 Å². The third-order valence-electron chi connectivity index (χ3n) is 4.13. The van der Waals surface area contributed by atoms with Crippen LogP contribution >= 0.6 is 22.9 Å². The van der Waals surface area contributed by atoms with E-state index in [1.54, 1.807) is 25.3 Å². The van der Waals surface area contributed by atoms with Gasteiger partial charge in [0.05, 0.1) is 12.8 Å². The number of rotatable bonds is 4. The van der Waals surface area contributed by atoms with Gasteiger partial charge in [-0.3, -0.25) is 0 Å². The maximum absolute atomic E-state index is 6.31. The number of benzene rings is 2. The third-order valence-corrected chi connectivity index (χ3v) is 5.21. The van der Waals surface area contributed by atoms with Gasteiger partial charge in [-0.1, -0.05) is 46.6 Å². The number of hydrogen-bond donors (Lipinski definition) is 1. The highest BCUT2D eigenvalue weighted by atomic mass is 35.5. The first-order valence-electron chi connectivity index (χ1n) is 8.15. The van der Waals surface area contributed by atoms with E-state index in [1.807, 2.05) is 17.5 Å². The Balaban J connectivity index is 1.73. The number of anilines is 1. The van der Waals surface area contributed by atoms with E-state index >= 15 is 0 Å². The minimum absolute atomic E-state index is 0.375. The fourth-order valence-electron chi connectivity index (χ4n) is 2.69. The van der Waals surface area contributed by atoms with Crippen molar-refractivity contribution >= 4 is 28.8 Å². The zero-order chi connectivity index (χ0) is 19.0. The van der Waals surface area contributed by atoms with E-state index < -0.39 is 0 Å². The van der Waals surface area contributed by atoms with Crippen LogP contribution < -0.4 is 10.5 Å². The summed E-state index contributed by atoms with van der Waals surface area (Å²) in [5, 5.41) is 11.6. The Hall–Kier alpha value is -2.90. The van der Waals surface area contributed by atoms with Crippen molar-refractivity contribution in [3.05, 3.63) is 58.4 Å². The van der Waals surface area contributed by atoms with Crippen LogP contribution in [0.2, 0.25) is 5.02 Å². The molecule has 0 unspecified atom stereocenters. The van der Waals surface area contributed by atoms with Crippen LogP contribution in [0.15, 0.2) is 47.8 Å². The van der Waals surface area contributed by atoms with E-state index in [2.05, 4.69) is 34.4 Å². The highest BCUT2D eigenvalue weighted by molar-refractivity contribution is 7.13. The Bertz CT molecular complexity index is 1100. The zero-order valence-corrected chi connectivity index (χ0v) is 16.3. The van der Waals surface area contributed by atoms with Crippen molar-refractivity contribution in [1.29, 1.82) is 0 Å². The van der Waals surface area contributed by atoms with E-state index in [0.29, 0.717) is 33.0 Å². The van der Waals surface area contributed by atoms with Crippen LogP contribution in [0, 0.1) is 6.92 Å². The number of aromatic nitrogens is 4. The summed E-state index contributed by atoms with van der Waals surface area (Å²) in [4.78, 5) is 4.67. The summed E-state index contributed by atoms with van der Waals surface area (Å²) in [7, 11) is 1.58. The summed E-state index contributed by atoms with van der Waals surface area (Å²) in [6.07, 6.45) is 0. The molecule has 4 rings (SSSR count). The van der Waals surface area contributed by atoms with Crippen molar-refractivity contribution < 1.29 is 4.74 Å². The van der Waals surface area contributed by atoms with Crippen LogP contribution in [-0.2, 0) is 0 Å². The van der Waals surface area contributed by atoms with Gasteiger partial charge in [0, 0.05) is 16.0 Å². The van der Waals surface area contributed by atoms with Crippen molar-refractivity contribution in [3.63, 3.8) is 0 Å². The number of aryl methyl sites for hydroxylation is 1. The number of nitrogen functional groups attached to an aromatic ring is 1. The van der Waals surface area contributed by atoms with E-state index in [0.717, 1.165) is 11.3 Å². The minimum Gasteiger partial charge on any atom is -0.494 e. The molecule has 2 N–H and O–H groups in total. The van der Waals surface area contributed by atoms with Crippen LogP contribution in [0.3, 0.4) is 0 Å². The molecule has 0 amide bonds. The smallest absolute Gasteiger partial charge is 0.165 e. The average Bonchev–Trinajstić information content (AvgIpc) is 3.29. The molecule has 27 heavy (non-hydrogen) atoms. The standard InChI is InChI=1S/C19H16ClN5OS/c1-11-3-5-12(6-4-11)14-10-27-19(22-14)17-18(21)25(24-23-17)15-9-13(20)7-8-16(15)26-2/h3-10H,21H2,1-2H3. The molecule has 0 aliphatic carbocycles. The Morgan fingerprint density at radius 2 is 1.93 bits per heavy atom. The van der Waals surface area contributed by atoms with Crippen LogP contribution in [0.1, 0.15) is 5.56 Å². The van der Waals surface area contributed by atoms with Gasteiger partial charge in [-0.25, -0.2) is 4.98 Å². The largest absolute Gasteiger partial charge is 0.494 e. The number of nitrogens with zero attached hydrogens (tertiary/aromatic N) is 4. The lowest BCUT2D eigenvalue weighted by molar-refractivity contribution is 0.411. The lowest BCUT2D eigenvalue weighted by atomic mass is 10.1. The number of ether oxygens (including phenoxy) is 1. The maximum Gasteiger partial charge on any atom is 0.165 e. The van der Waals surface area contributed by atoms with Gasteiger partial charge in [-0.2, -0.15) is 4.68 Å². The Morgan fingerprint density at radius 3 is 2.67 bits per heavy atom. The first kappa shape index (κ1) is 17.5. The second kappa shape index (κ2) is 7.02. The van der Waals surface area contributed by atoms with Crippen molar-refractivity contribution in [3.8, 4) is 33.4 Å². The number of methoxy groups -OCH3 is 1. The number of nitrogens with two attached hydrogens (primary N) is 1. The maximum atomic E-state index is 6.31. The molecule has 0 saturated carbocycles. The molecule has 2 heterocycles. The number of hydrogen-bond acceptors (Lipinski definition) is 6. The predicted molar refractivity (Wildman–Crippen MR) is 109 cm³/mol. The first-order chi connectivity index (χ1) is 13.1. The predicted octanol–water partition coefficient (Wildman–Crippen LogP) is 4.61. The van der Waals surface area contributed by atoms with E-state index in [9.17, 15) is 0 Å². The molecule has 0 radical (unpaired) electrons. The second-order valence-corrected chi connectivity index (χ2v) is 7.25. The van der Waals surface area contributed by atoms with E-state index in [-0.39, 0.29) is 0 Å². The molecule has 136 valence electrons. The second-order valence-electron chi connectivity index (χ2n) is 5.96. The molecule has 0 spiro atoms. The van der Waals surface area contributed by atoms with Gasteiger partial charge in [-0.05, 0) is 25.1 Å². The van der Waals surface area contributed by atoms with Gasteiger partial charge < -0.3 is 10.5 Å². The third kappa shape index (κ3) is 3.27. The van der Waals surface area contributed by atoms with Crippen molar-refractivity contribution in [2.45, 2.75) is 6.92 Å². The van der Waals surface area contributed by atoms with Gasteiger partial charge in [0.1, 0.15) is 16.4 Å². The topological polar surface area (TPSA) is 78.8 Å². The number of halogens is 1. The van der Waals surface area contributed by atoms with Crippen molar-refractivity contribution in [1.82, 2.24) is 20.0 Å². The lowest BCUT2D eigenvalue weighted by Gasteiger charge is -2.09. The van der Waals surface area contributed by atoms with Crippen LogP contribution in [0.4, 0.5) is 5.82 Å². The quantitative estimate of drug-likeness (QED) is 0.544. The summed E-state index contributed by atoms with van der Waals surface area (Å²) < 4.78 is 6.89. The fraction of sp³-hybridized carbons (Fsp3) is 0.105. The summed E-state index contributed by atoms with van der Waals surface area (Å²) >= 11 is 7.59. The lowest BCUT2D eigenvalue weighted by Crippen LogP contribution is -2.04. The molecule has 0 atom stereocenters. The van der Waals surface area contributed by atoms with Crippen LogP contribution in [0.5, 0.6) is 5.75 Å². The minimum atomic E-state index is 0.375. The highest BCUT2D eigenvalue weighted by Gasteiger charge is 2.19. The molecule has 2 aromatic heterocycles. The van der Waals surface area contributed by atoms with Gasteiger partial charge >= 0.3 is 0 Å². The monoisotopic (exact) mass is 397 g/mol. The summed E-state index contributed by atoms with van der Waals surface area (Å²) in [5.41, 5.74) is 10.6. The molecule has 0 aliphatic heterocycles. The molecule has 0 aliphatic rings. The fourth-order valence-corrected chi connectivity index (χ4v) is 3.67. The summed E-state index contributed by atoms with van der Waals surface area (Å²) in [6, 6.07) is 13.4. The van der Waals surface area contributed by atoms with Gasteiger partial charge in [0.15, 0.2) is 11.5 Å². The molecule has 2 aromatic carbocycles. The molecule has 0 bridgehead atoms. The van der Waals surface area contributed by atoms with Gasteiger partial charge in [-0.15, -0.1) is 16.4 Å². The number of thiazole rings is 1. The molecule has 0 fully saturated rings. The van der Waals surface area contributed by atoms with Gasteiger partial charge in [0.2, 0.25) is 0 Å². The first-order valence-corrected chi connectivity index (χ1v) is 9.40. The average molecular weight is 398 g/mol. The van der Waals surface area contributed by atoms with E-state index in [4.69, 9.17) is 22.1 Å². The molecular formula is C19H16ClN5OS. The molecule has 6 nitrogen and oxygen atoms in total. The summed E-state index contributed by atoms with van der Waals surface area (Å²) in [5.74, 6) is 0.974. The Labute approximate surface area is 165 Å². The van der Waals surface area contributed by atoms with Crippen LogP contribution in [-0.4, -0.2) is 27.1 Å². The van der Waals surface area contributed by atoms with Gasteiger partial charge in [0.25, 0.3) is 0 Å².